The number of carbonyl (C=O) groups is 2. The van der Waals surface area contributed by atoms with Crippen molar-refractivity contribution in [2.75, 3.05) is 12.4 Å². The molecule has 2 atom stereocenters. The molecule has 0 radical (unpaired) electrons. The van der Waals surface area contributed by atoms with E-state index in [1.54, 1.807) is 62.8 Å². The van der Waals surface area contributed by atoms with Gasteiger partial charge in [0.05, 0.1) is 7.11 Å². The van der Waals surface area contributed by atoms with Crippen LogP contribution in [0.2, 0.25) is 0 Å². The Labute approximate surface area is 141 Å². The van der Waals surface area contributed by atoms with Gasteiger partial charge in [0.15, 0.2) is 5.78 Å². The van der Waals surface area contributed by atoms with E-state index in [9.17, 15) is 9.59 Å². The molecule has 1 N–H and O–H groups in total. The van der Waals surface area contributed by atoms with Crippen molar-refractivity contribution in [3.8, 4) is 5.75 Å². The Kier molecular flexibility index (Phi) is 5.84. The molecule has 0 fully saturated rings. The average molecular weight is 324 g/mol. The lowest BCUT2D eigenvalue weighted by Gasteiger charge is -2.18. The van der Waals surface area contributed by atoms with Crippen molar-refractivity contribution in [2.24, 2.45) is 5.92 Å². The molecule has 2 unspecified atom stereocenters. The molecule has 0 aliphatic carbocycles. The number of hydrogen-bond acceptors (Lipinski definition) is 4. The van der Waals surface area contributed by atoms with Crippen molar-refractivity contribution in [2.45, 2.75) is 12.8 Å². The summed E-state index contributed by atoms with van der Waals surface area (Å²) in [6, 6.07) is 10.3. The van der Waals surface area contributed by atoms with Gasteiger partial charge in [0.1, 0.15) is 11.7 Å². The summed E-state index contributed by atoms with van der Waals surface area (Å²) in [6.45, 7) is 5.37. The Balaban J connectivity index is 2.26. The zero-order valence-electron chi connectivity index (χ0n) is 13.7. The summed E-state index contributed by atoms with van der Waals surface area (Å²) in [5.74, 6) is -1.24. The Morgan fingerprint density at radius 1 is 1.17 bits per heavy atom. The van der Waals surface area contributed by atoms with E-state index in [1.807, 2.05) is 0 Å². The van der Waals surface area contributed by atoms with Gasteiger partial charge >= 0.3 is 0 Å². The van der Waals surface area contributed by atoms with Crippen LogP contribution in [-0.2, 0) is 9.59 Å². The third kappa shape index (κ3) is 4.07. The zero-order chi connectivity index (χ0) is 17.5. The predicted molar refractivity (Wildman–Crippen MR) is 93.0 cm³/mol. The number of ketones is 1. The van der Waals surface area contributed by atoms with E-state index in [-0.39, 0.29) is 11.7 Å². The van der Waals surface area contributed by atoms with Gasteiger partial charge in [-0.1, -0.05) is 13.0 Å². The van der Waals surface area contributed by atoms with Crippen LogP contribution in [0.3, 0.4) is 0 Å². The minimum absolute atomic E-state index is 0.206. The van der Waals surface area contributed by atoms with Gasteiger partial charge in [-0.15, -0.1) is 6.58 Å². The number of nitrogens with one attached hydrogen (secondary N) is 1. The van der Waals surface area contributed by atoms with E-state index >= 15 is 0 Å². The molecule has 0 saturated heterocycles. The number of hydrogen-bond donors (Lipinski definition) is 1. The number of amides is 1. The maximum atomic E-state index is 12.7. The van der Waals surface area contributed by atoms with E-state index in [4.69, 9.17) is 4.74 Å². The number of allylic oxidation sites excluding steroid dienone is 1. The molecular weight excluding hydrogens is 304 g/mol. The monoisotopic (exact) mass is 324 g/mol. The standard InChI is InChI=1S/C19H20N2O3/c1-4-13(2)18(22)17(14-9-11-20-12-10-14)19(23)21-15-5-7-16(24-3)8-6-15/h4-13,17H,1H2,2-3H3,(H,21,23). The van der Waals surface area contributed by atoms with Gasteiger partial charge in [-0.25, -0.2) is 0 Å². The highest BCUT2D eigenvalue weighted by atomic mass is 16.5. The summed E-state index contributed by atoms with van der Waals surface area (Å²) in [6.07, 6.45) is 4.67. The second-order valence-electron chi connectivity index (χ2n) is 5.36. The molecule has 5 nitrogen and oxygen atoms in total. The van der Waals surface area contributed by atoms with E-state index in [2.05, 4.69) is 16.9 Å². The number of Topliss-reactive ketones (excluding diaryl/α,β-unsaturated/α-hetero) is 1. The van der Waals surface area contributed by atoms with Crippen LogP contribution in [0, 0.1) is 5.92 Å². The maximum absolute atomic E-state index is 12.7. The SMILES string of the molecule is C=CC(C)C(=O)C(C(=O)Nc1ccc(OC)cc1)c1ccncc1. The van der Waals surface area contributed by atoms with Gasteiger partial charge in [-0.2, -0.15) is 0 Å². The van der Waals surface area contributed by atoms with Crippen LogP contribution in [0.5, 0.6) is 5.75 Å². The van der Waals surface area contributed by atoms with Gasteiger partial charge in [0.2, 0.25) is 5.91 Å². The van der Waals surface area contributed by atoms with Gasteiger partial charge in [0.25, 0.3) is 0 Å². The first kappa shape index (κ1) is 17.4. The van der Waals surface area contributed by atoms with Crippen molar-refractivity contribution in [1.82, 2.24) is 4.98 Å². The lowest BCUT2D eigenvalue weighted by atomic mass is 9.88. The van der Waals surface area contributed by atoms with Crippen LogP contribution in [-0.4, -0.2) is 23.8 Å². The van der Waals surface area contributed by atoms with Crippen LogP contribution in [0.25, 0.3) is 0 Å². The quantitative estimate of drug-likeness (QED) is 0.627. The van der Waals surface area contributed by atoms with Gasteiger partial charge in [0, 0.05) is 24.0 Å². The van der Waals surface area contributed by atoms with Crippen molar-refractivity contribution >= 4 is 17.4 Å². The molecule has 0 spiro atoms. The average Bonchev–Trinajstić information content (AvgIpc) is 2.62. The Morgan fingerprint density at radius 2 is 1.79 bits per heavy atom. The molecule has 0 saturated carbocycles. The van der Waals surface area contributed by atoms with Crippen LogP contribution < -0.4 is 10.1 Å². The van der Waals surface area contributed by atoms with Crippen molar-refractivity contribution < 1.29 is 14.3 Å². The molecule has 1 aromatic carbocycles. The summed E-state index contributed by atoms with van der Waals surface area (Å²) in [4.78, 5) is 29.3. The highest BCUT2D eigenvalue weighted by Crippen LogP contribution is 2.23. The number of rotatable bonds is 7. The lowest BCUT2D eigenvalue weighted by molar-refractivity contribution is -0.129. The molecule has 1 heterocycles. The first-order valence-corrected chi connectivity index (χ1v) is 7.58. The smallest absolute Gasteiger partial charge is 0.239 e. The van der Waals surface area contributed by atoms with Crippen LogP contribution in [0.1, 0.15) is 18.4 Å². The van der Waals surface area contributed by atoms with E-state index < -0.39 is 11.8 Å². The van der Waals surface area contributed by atoms with Crippen molar-refractivity contribution in [3.05, 3.63) is 67.0 Å². The van der Waals surface area contributed by atoms with Crippen molar-refractivity contribution in [3.63, 3.8) is 0 Å². The summed E-state index contributed by atoms with van der Waals surface area (Å²) in [5.41, 5.74) is 1.20. The topological polar surface area (TPSA) is 68.3 Å². The third-order valence-electron chi connectivity index (χ3n) is 3.75. The summed E-state index contributed by atoms with van der Waals surface area (Å²) >= 11 is 0. The minimum Gasteiger partial charge on any atom is -0.497 e. The molecule has 124 valence electrons. The molecule has 2 aromatic rings. The second-order valence-corrected chi connectivity index (χ2v) is 5.36. The Hall–Kier alpha value is -2.95. The lowest BCUT2D eigenvalue weighted by Crippen LogP contribution is -2.30. The van der Waals surface area contributed by atoms with Crippen LogP contribution >= 0.6 is 0 Å². The first-order valence-electron chi connectivity index (χ1n) is 7.58. The fraction of sp³-hybridized carbons (Fsp3) is 0.211. The molecule has 0 aliphatic heterocycles. The number of nitrogens with zero attached hydrogens (tertiary/aromatic N) is 1. The number of aromatic nitrogens is 1. The Bertz CT molecular complexity index is 711. The molecule has 1 aromatic heterocycles. The maximum Gasteiger partial charge on any atom is 0.239 e. The summed E-state index contributed by atoms with van der Waals surface area (Å²) in [5, 5.41) is 2.78. The van der Waals surface area contributed by atoms with Gasteiger partial charge in [-0.3, -0.25) is 14.6 Å². The van der Waals surface area contributed by atoms with E-state index in [0.29, 0.717) is 17.0 Å². The fourth-order valence-corrected chi connectivity index (χ4v) is 2.27. The number of carbonyl (C=O) groups excluding carboxylic acids is 2. The van der Waals surface area contributed by atoms with Crippen LogP contribution in [0.4, 0.5) is 5.69 Å². The highest BCUT2D eigenvalue weighted by molar-refractivity contribution is 6.12. The summed E-state index contributed by atoms with van der Waals surface area (Å²) < 4.78 is 5.09. The number of benzene rings is 1. The number of anilines is 1. The molecule has 24 heavy (non-hydrogen) atoms. The minimum atomic E-state index is -0.914. The molecule has 0 aliphatic rings. The first-order chi connectivity index (χ1) is 11.6. The van der Waals surface area contributed by atoms with Crippen molar-refractivity contribution in [1.29, 1.82) is 0 Å². The molecule has 5 heteroatoms. The van der Waals surface area contributed by atoms with Crippen LogP contribution in [0.15, 0.2) is 61.4 Å². The number of pyridine rings is 1. The third-order valence-corrected chi connectivity index (χ3v) is 3.75. The highest BCUT2D eigenvalue weighted by Gasteiger charge is 2.30. The van der Waals surface area contributed by atoms with Gasteiger partial charge in [-0.05, 0) is 42.0 Å². The van der Waals surface area contributed by atoms with E-state index in [1.165, 1.54) is 6.08 Å². The molecular formula is C19H20N2O3. The van der Waals surface area contributed by atoms with E-state index in [0.717, 1.165) is 0 Å². The molecule has 0 bridgehead atoms. The zero-order valence-corrected chi connectivity index (χ0v) is 13.7. The van der Waals surface area contributed by atoms with Gasteiger partial charge < -0.3 is 10.1 Å². The Morgan fingerprint density at radius 3 is 2.33 bits per heavy atom. The largest absolute Gasteiger partial charge is 0.497 e. The number of ether oxygens (including phenoxy) is 1. The molecule has 2 rings (SSSR count). The fourth-order valence-electron chi connectivity index (χ4n) is 2.27. The second kappa shape index (κ2) is 8.06. The predicted octanol–water partition coefficient (Wildman–Crippen LogP) is 3.20. The number of methoxy groups -OCH3 is 1. The summed E-state index contributed by atoms with van der Waals surface area (Å²) in [7, 11) is 1.57. The normalized spacial score (nSPS) is 12.8. The molecule has 1 amide bonds.